The van der Waals surface area contributed by atoms with E-state index in [0.29, 0.717) is 32.2 Å². The van der Waals surface area contributed by atoms with Gasteiger partial charge in [-0.25, -0.2) is 0 Å². The molecule has 41 heavy (non-hydrogen) atoms. The van der Waals surface area contributed by atoms with E-state index in [9.17, 15) is 10.1 Å². The van der Waals surface area contributed by atoms with E-state index in [4.69, 9.17) is 39.8 Å². The number of benzene rings is 3. The van der Waals surface area contributed by atoms with Crippen LogP contribution >= 0.6 is 47.2 Å². The van der Waals surface area contributed by atoms with Crippen LogP contribution < -0.4 is 10.2 Å². The van der Waals surface area contributed by atoms with Gasteiger partial charge in [0.2, 0.25) is 0 Å². The third kappa shape index (κ3) is 5.54. The number of aromatic nitrogens is 1. The number of nitrogens with one attached hydrogen (secondary N) is 1. The lowest BCUT2D eigenvalue weighted by Gasteiger charge is -2.26. The Morgan fingerprint density at radius 1 is 0.927 bits per heavy atom. The molecule has 1 saturated heterocycles. The summed E-state index contributed by atoms with van der Waals surface area (Å²) < 4.78 is 6.41. The fourth-order valence-electron chi connectivity index (χ4n) is 4.72. The van der Waals surface area contributed by atoms with Gasteiger partial charge in [-0.1, -0.05) is 47.1 Å². The van der Waals surface area contributed by atoms with E-state index >= 15 is 0 Å². The minimum Gasteiger partial charge on any atom is -0.459 e. The molecule has 1 aliphatic rings. The predicted octanol–water partition coefficient (Wildman–Crippen LogP) is 8.88. The molecule has 1 aliphatic heterocycles. The average Bonchev–Trinajstić information content (AvgIpc) is 3.60. The Balaban J connectivity index is 1.33. The molecule has 0 amide bonds. The first-order valence-electron chi connectivity index (χ1n) is 12.5. The summed E-state index contributed by atoms with van der Waals surface area (Å²) in [6.45, 7) is 0. The van der Waals surface area contributed by atoms with Gasteiger partial charge in [0, 0.05) is 39.4 Å². The van der Waals surface area contributed by atoms with Crippen LogP contribution in [0.15, 0.2) is 117 Å². The van der Waals surface area contributed by atoms with Crippen molar-refractivity contribution < 1.29 is 9.34 Å². The van der Waals surface area contributed by atoms with Crippen LogP contribution in [-0.2, 0) is 0 Å². The SMILES string of the molecule is O=[N+]([O-])c1ccc(Sc2ccc(N3C(=S)N[C@H](c4ccccn4)[C@@H]3c3ccc(-c4cccc(Cl)c4Cl)o3)cc2)cc1. The second-order valence-electron chi connectivity index (χ2n) is 9.15. The summed E-state index contributed by atoms with van der Waals surface area (Å²) in [5.41, 5.74) is 2.46. The highest BCUT2D eigenvalue weighted by Gasteiger charge is 2.42. The van der Waals surface area contributed by atoms with Crippen molar-refractivity contribution in [2.24, 2.45) is 0 Å². The van der Waals surface area contributed by atoms with Gasteiger partial charge in [-0.15, -0.1) is 0 Å². The number of hydrogen-bond acceptors (Lipinski definition) is 6. The normalized spacial score (nSPS) is 16.5. The molecule has 0 spiro atoms. The maximum Gasteiger partial charge on any atom is 0.269 e. The van der Waals surface area contributed by atoms with Gasteiger partial charge in [0.05, 0.1) is 26.7 Å². The van der Waals surface area contributed by atoms with E-state index in [2.05, 4.69) is 10.3 Å². The van der Waals surface area contributed by atoms with Gasteiger partial charge >= 0.3 is 0 Å². The van der Waals surface area contributed by atoms with E-state index in [1.807, 2.05) is 71.6 Å². The number of non-ortho nitro benzene ring substituents is 1. The van der Waals surface area contributed by atoms with Crippen molar-refractivity contribution in [3.8, 4) is 11.3 Å². The quantitative estimate of drug-likeness (QED) is 0.110. The smallest absolute Gasteiger partial charge is 0.269 e. The summed E-state index contributed by atoms with van der Waals surface area (Å²) in [4.78, 5) is 19.1. The number of pyridine rings is 1. The molecule has 1 fully saturated rings. The van der Waals surface area contributed by atoms with Crippen LogP contribution in [0.5, 0.6) is 0 Å². The third-order valence-electron chi connectivity index (χ3n) is 6.63. The van der Waals surface area contributed by atoms with Gasteiger partial charge in [-0.2, -0.15) is 0 Å². The van der Waals surface area contributed by atoms with Crippen molar-refractivity contribution in [1.29, 1.82) is 0 Å². The Bertz CT molecular complexity index is 1730. The fourth-order valence-corrected chi connectivity index (χ4v) is 6.28. The van der Waals surface area contributed by atoms with Crippen LogP contribution in [0.1, 0.15) is 23.5 Å². The Labute approximate surface area is 255 Å². The van der Waals surface area contributed by atoms with Crippen molar-refractivity contribution in [2.75, 3.05) is 4.90 Å². The highest BCUT2D eigenvalue weighted by molar-refractivity contribution is 7.99. The number of hydrogen-bond donors (Lipinski definition) is 1. The minimum absolute atomic E-state index is 0.0620. The number of nitro groups is 1. The van der Waals surface area contributed by atoms with E-state index in [1.54, 1.807) is 24.4 Å². The molecule has 3 heterocycles. The van der Waals surface area contributed by atoms with E-state index in [1.165, 1.54) is 23.9 Å². The molecular formula is C30H20Cl2N4O3S2. The van der Waals surface area contributed by atoms with Crippen LogP contribution in [0.4, 0.5) is 11.4 Å². The van der Waals surface area contributed by atoms with Gasteiger partial charge in [0.15, 0.2) is 5.11 Å². The third-order valence-corrected chi connectivity index (χ3v) is 8.78. The Hall–Kier alpha value is -3.89. The topological polar surface area (TPSA) is 84.4 Å². The number of thiocarbonyl (C=S) groups is 1. The maximum atomic E-state index is 11.0. The number of nitrogens with zero attached hydrogens (tertiary/aromatic N) is 3. The molecule has 2 aromatic heterocycles. The van der Waals surface area contributed by atoms with Crippen molar-refractivity contribution >= 4 is 63.7 Å². The average molecular weight is 620 g/mol. The largest absolute Gasteiger partial charge is 0.459 e. The first-order chi connectivity index (χ1) is 19.9. The molecule has 204 valence electrons. The number of rotatable bonds is 7. The van der Waals surface area contributed by atoms with Gasteiger partial charge in [0.25, 0.3) is 5.69 Å². The van der Waals surface area contributed by atoms with Gasteiger partial charge in [0.1, 0.15) is 17.6 Å². The zero-order chi connectivity index (χ0) is 28.5. The van der Waals surface area contributed by atoms with Crippen LogP contribution in [0, 0.1) is 10.1 Å². The summed E-state index contributed by atoms with van der Waals surface area (Å²) in [5.74, 6) is 1.28. The lowest BCUT2D eigenvalue weighted by Crippen LogP contribution is -2.29. The van der Waals surface area contributed by atoms with Crippen LogP contribution in [-0.4, -0.2) is 15.0 Å². The zero-order valence-electron chi connectivity index (χ0n) is 21.1. The van der Waals surface area contributed by atoms with Crippen molar-refractivity contribution in [1.82, 2.24) is 10.3 Å². The second-order valence-corrected chi connectivity index (χ2v) is 11.5. The molecule has 3 aromatic carbocycles. The molecule has 0 saturated carbocycles. The number of anilines is 1. The minimum atomic E-state index is -0.406. The number of halogens is 2. The van der Waals surface area contributed by atoms with Gasteiger partial charge < -0.3 is 14.6 Å². The summed E-state index contributed by atoms with van der Waals surface area (Å²) >= 11 is 20.1. The summed E-state index contributed by atoms with van der Waals surface area (Å²) in [7, 11) is 0. The molecule has 11 heteroatoms. The lowest BCUT2D eigenvalue weighted by molar-refractivity contribution is -0.384. The van der Waals surface area contributed by atoms with Crippen LogP contribution in [0.25, 0.3) is 11.3 Å². The van der Waals surface area contributed by atoms with E-state index < -0.39 is 4.92 Å². The fraction of sp³-hybridized carbons (Fsp3) is 0.0667. The first-order valence-corrected chi connectivity index (χ1v) is 14.4. The van der Waals surface area contributed by atoms with Gasteiger partial charge in [-0.3, -0.25) is 15.1 Å². The van der Waals surface area contributed by atoms with Crippen molar-refractivity contribution in [2.45, 2.75) is 21.9 Å². The second kappa shape index (κ2) is 11.5. The molecule has 0 bridgehead atoms. The highest BCUT2D eigenvalue weighted by atomic mass is 35.5. The molecule has 5 aromatic rings. The predicted molar refractivity (Wildman–Crippen MR) is 166 cm³/mol. The first kappa shape index (κ1) is 27.3. The Morgan fingerprint density at radius 2 is 1.66 bits per heavy atom. The molecule has 7 nitrogen and oxygen atoms in total. The van der Waals surface area contributed by atoms with Crippen LogP contribution in [0.2, 0.25) is 10.0 Å². The summed E-state index contributed by atoms with van der Waals surface area (Å²) in [5, 5.41) is 15.8. The summed E-state index contributed by atoms with van der Waals surface area (Å²) in [6.07, 6.45) is 1.75. The maximum absolute atomic E-state index is 11.0. The highest BCUT2D eigenvalue weighted by Crippen LogP contribution is 2.44. The lowest BCUT2D eigenvalue weighted by atomic mass is 10.0. The molecule has 0 radical (unpaired) electrons. The molecule has 2 atom stereocenters. The molecule has 6 rings (SSSR count). The van der Waals surface area contributed by atoms with Crippen molar-refractivity contribution in [3.05, 3.63) is 135 Å². The molecule has 0 unspecified atom stereocenters. The van der Waals surface area contributed by atoms with Crippen molar-refractivity contribution in [3.63, 3.8) is 0 Å². The number of furan rings is 1. The molecule has 1 N–H and O–H groups in total. The monoisotopic (exact) mass is 618 g/mol. The zero-order valence-corrected chi connectivity index (χ0v) is 24.3. The van der Waals surface area contributed by atoms with E-state index in [0.717, 1.165) is 21.2 Å². The number of nitro benzene ring substituents is 1. The van der Waals surface area contributed by atoms with Crippen LogP contribution in [0.3, 0.4) is 0 Å². The Morgan fingerprint density at radius 3 is 2.34 bits per heavy atom. The Kier molecular flexibility index (Phi) is 7.68. The standard InChI is InChI=1S/C30H20Cl2N4O3S2/c31-23-5-3-4-22(27(23)32)25-15-16-26(39-25)29-28(24-6-1-2-17-33-24)34-30(40)35(29)18-7-11-20(12-8-18)41-21-13-9-19(10-14-21)36(37)38/h1-17,28-29H,(H,34,40)/t28-,29+/m1/s1. The summed E-state index contributed by atoms with van der Waals surface area (Å²) in [6, 6.07) is 28.9. The molecule has 0 aliphatic carbocycles. The molecular weight excluding hydrogens is 599 g/mol. The van der Waals surface area contributed by atoms with E-state index in [-0.39, 0.29) is 17.8 Å². The van der Waals surface area contributed by atoms with Gasteiger partial charge in [-0.05, 0) is 85.0 Å².